The molecule has 3 heteroatoms. The number of rotatable bonds is 7. The van der Waals surface area contributed by atoms with E-state index >= 15 is 0 Å². The van der Waals surface area contributed by atoms with Crippen molar-refractivity contribution in [2.45, 2.75) is 58.4 Å². The van der Waals surface area contributed by atoms with Crippen LogP contribution < -0.4 is 10.6 Å². The Kier molecular flexibility index (Phi) is 5.26. The fourth-order valence-electron chi connectivity index (χ4n) is 1.80. The number of hydrogen-bond acceptors (Lipinski definition) is 2. The van der Waals surface area contributed by atoms with Crippen molar-refractivity contribution < 1.29 is 4.79 Å². The second-order valence-corrected chi connectivity index (χ2v) is 5.55. The van der Waals surface area contributed by atoms with Crippen molar-refractivity contribution in [2.24, 2.45) is 5.92 Å². The first-order valence-corrected chi connectivity index (χ1v) is 6.55. The number of amides is 1. The average Bonchev–Trinajstić information content (AvgIpc) is 2.14. The first kappa shape index (κ1) is 13.5. The Balaban J connectivity index is 2.01. The van der Waals surface area contributed by atoms with Gasteiger partial charge in [0, 0.05) is 5.54 Å². The summed E-state index contributed by atoms with van der Waals surface area (Å²) in [6.45, 7) is 7.63. The van der Waals surface area contributed by atoms with Crippen molar-refractivity contribution in [3.05, 3.63) is 0 Å². The lowest BCUT2D eigenvalue weighted by atomic mass is 9.83. The van der Waals surface area contributed by atoms with Gasteiger partial charge in [0.1, 0.15) is 0 Å². The highest BCUT2D eigenvalue weighted by molar-refractivity contribution is 5.78. The molecule has 0 radical (unpaired) electrons. The van der Waals surface area contributed by atoms with Gasteiger partial charge in [-0.3, -0.25) is 4.79 Å². The summed E-state index contributed by atoms with van der Waals surface area (Å²) >= 11 is 0. The zero-order valence-corrected chi connectivity index (χ0v) is 10.9. The first-order valence-electron chi connectivity index (χ1n) is 6.55. The van der Waals surface area contributed by atoms with Crippen molar-refractivity contribution in [1.29, 1.82) is 0 Å². The molecule has 3 nitrogen and oxygen atoms in total. The quantitative estimate of drug-likeness (QED) is 0.653. The van der Waals surface area contributed by atoms with Gasteiger partial charge in [0.15, 0.2) is 0 Å². The lowest BCUT2D eigenvalue weighted by molar-refractivity contribution is -0.121. The molecule has 0 aromatic rings. The van der Waals surface area contributed by atoms with E-state index in [1.165, 1.54) is 25.7 Å². The second-order valence-electron chi connectivity index (χ2n) is 5.55. The molecule has 16 heavy (non-hydrogen) atoms. The van der Waals surface area contributed by atoms with Crippen molar-refractivity contribution in [2.75, 3.05) is 13.1 Å². The van der Waals surface area contributed by atoms with Crippen LogP contribution in [-0.4, -0.2) is 24.5 Å². The maximum atomic E-state index is 11.6. The molecular formula is C13H26N2O. The zero-order chi connectivity index (χ0) is 12.0. The molecule has 0 aromatic heterocycles. The van der Waals surface area contributed by atoms with Crippen LogP contribution in [0.4, 0.5) is 0 Å². The number of hydrogen-bond donors (Lipinski definition) is 2. The average molecular weight is 226 g/mol. The Morgan fingerprint density at radius 1 is 1.38 bits per heavy atom. The van der Waals surface area contributed by atoms with Gasteiger partial charge in [0.05, 0.1) is 6.54 Å². The van der Waals surface area contributed by atoms with Gasteiger partial charge >= 0.3 is 0 Å². The van der Waals surface area contributed by atoms with Gasteiger partial charge in [-0.25, -0.2) is 0 Å². The summed E-state index contributed by atoms with van der Waals surface area (Å²) in [5, 5.41) is 6.24. The normalized spacial score (nSPS) is 16.9. The van der Waals surface area contributed by atoms with Gasteiger partial charge < -0.3 is 10.6 Å². The minimum Gasteiger partial charge on any atom is -0.350 e. The highest BCUT2D eigenvalue weighted by atomic mass is 16.2. The maximum Gasteiger partial charge on any atom is 0.234 e. The van der Waals surface area contributed by atoms with Crippen molar-refractivity contribution in [3.8, 4) is 0 Å². The fourth-order valence-corrected chi connectivity index (χ4v) is 1.80. The summed E-state index contributed by atoms with van der Waals surface area (Å²) in [5.41, 5.74) is -0.0767. The summed E-state index contributed by atoms with van der Waals surface area (Å²) in [4.78, 5) is 11.6. The van der Waals surface area contributed by atoms with E-state index in [0.717, 1.165) is 18.9 Å². The largest absolute Gasteiger partial charge is 0.350 e. The summed E-state index contributed by atoms with van der Waals surface area (Å²) in [7, 11) is 0. The molecule has 2 N–H and O–H groups in total. The third-order valence-corrected chi connectivity index (χ3v) is 3.60. The van der Waals surface area contributed by atoms with E-state index in [4.69, 9.17) is 0 Å². The molecule has 1 aliphatic carbocycles. The second kappa shape index (κ2) is 6.24. The van der Waals surface area contributed by atoms with E-state index < -0.39 is 0 Å². The van der Waals surface area contributed by atoms with E-state index in [1.54, 1.807) is 0 Å². The Bertz CT molecular complexity index is 222. The molecule has 0 bridgehead atoms. The Labute approximate surface area is 99.4 Å². The predicted molar refractivity (Wildman–Crippen MR) is 67.3 cm³/mol. The third kappa shape index (κ3) is 4.97. The van der Waals surface area contributed by atoms with Gasteiger partial charge in [-0.2, -0.15) is 0 Å². The summed E-state index contributed by atoms with van der Waals surface area (Å²) in [6.07, 6.45) is 6.36. The van der Waals surface area contributed by atoms with Crippen LogP contribution in [0.2, 0.25) is 0 Å². The molecule has 0 aromatic carbocycles. The van der Waals surface area contributed by atoms with Crippen LogP contribution in [0.1, 0.15) is 52.9 Å². The lowest BCUT2D eigenvalue weighted by Gasteiger charge is -2.26. The van der Waals surface area contributed by atoms with Crippen LogP contribution in [0, 0.1) is 5.92 Å². The summed E-state index contributed by atoms with van der Waals surface area (Å²) < 4.78 is 0. The van der Waals surface area contributed by atoms with Crippen LogP contribution in [0.15, 0.2) is 0 Å². The van der Waals surface area contributed by atoms with E-state index in [0.29, 0.717) is 6.54 Å². The molecule has 1 aliphatic rings. The maximum absolute atomic E-state index is 11.6. The van der Waals surface area contributed by atoms with E-state index in [9.17, 15) is 4.79 Å². The molecule has 1 amide bonds. The van der Waals surface area contributed by atoms with Crippen molar-refractivity contribution >= 4 is 5.91 Å². The Morgan fingerprint density at radius 3 is 2.56 bits per heavy atom. The van der Waals surface area contributed by atoms with Gasteiger partial charge in [-0.1, -0.05) is 26.2 Å². The number of carbonyl (C=O) groups is 1. The molecule has 0 heterocycles. The lowest BCUT2D eigenvalue weighted by Crippen LogP contribution is -2.46. The minimum atomic E-state index is -0.0767. The van der Waals surface area contributed by atoms with Gasteiger partial charge in [-0.15, -0.1) is 0 Å². The van der Waals surface area contributed by atoms with E-state index in [2.05, 4.69) is 31.4 Å². The van der Waals surface area contributed by atoms with Gasteiger partial charge in [-0.05, 0) is 39.2 Å². The molecule has 1 saturated carbocycles. The smallest absolute Gasteiger partial charge is 0.234 e. The van der Waals surface area contributed by atoms with Crippen molar-refractivity contribution in [1.82, 2.24) is 10.6 Å². The van der Waals surface area contributed by atoms with Crippen LogP contribution in [0.3, 0.4) is 0 Å². The number of nitrogens with one attached hydrogen (secondary N) is 2. The van der Waals surface area contributed by atoms with Crippen LogP contribution in [-0.2, 0) is 4.79 Å². The molecular weight excluding hydrogens is 200 g/mol. The topological polar surface area (TPSA) is 41.1 Å². The van der Waals surface area contributed by atoms with E-state index in [-0.39, 0.29) is 11.4 Å². The van der Waals surface area contributed by atoms with Crippen LogP contribution in [0.5, 0.6) is 0 Å². The molecule has 1 rings (SSSR count). The fraction of sp³-hybridized carbons (Fsp3) is 0.923. The van der Waals surface area contributed by atoms with Gasteiger partial charge in [0.25, 0.3) is 0 Å². The van der Waals surface area contributed by atoms with Gasteiger partial charge in [0.2, 0.25) is 5.91 Å². The minimum absolute atomic E-state index is 0.0767. The molecule has 1 fully saturated rings. The number of carbonyl (C=O) groups excluding carboxylic acids is 1. The zero-order valence-electron chi connectivity index (χ0n) is 10.9. The highest BCUT2D eigenvalue weighted by Crippen LogP contribution is 2.28. The molecule has 94 valence electrons. The molecule has 0 unspecified atom stereocenters. The van der Waals surface area contributed by atoms with Crippen LogP contribution in [0.25, 0.3) is 0 Å². The van der Waals surface area contributed by atoms with Crippen molar-refractivity contribution in [3.63, 3.8) is 0 Å². The first-order chi connectivity index (χ1) is 7.53. The van der Waals surface area contributed by atoms with Crippen LogP contribution >= 0.6 is 0 Å². The third-order valence-electron chi connectivity index (χ3n) is 3.60. The molecule has 0 spiro atoms. The Hall–Kier alpha value is -0.570. The Morgan fingerprint density at radius 2 is 2.06 bits per heavy atom. The summed E-state index contributed by atoms with van der Waals surface area (Å²) in [6, 6.07) is 0. The molecule has 0 saturated heterocycles. The standard InChI is InChI=1S/C13H26N2O/c1-4-13(2,3)15-12(16)10-14-9-8-11-6-5-7-11/h11,14H,4-10H2,1-3H3,(H,15,16). The summed E-state index contributed by atoms with van der Waals surface area (Å²) in [5.74, 6) is 1.03. The highest BCUT2D eigenvalue weighted by Gasteiger charge is 2.18. The predicted octanol–water partition coefficient (Wildman–Crippen LogP) is 2.07. The monoisotopic (exact) mass is 226 g/mol. The molecule has 0 aliphatic heterocycles. The SMILES string of the molecule is CCC(C)(C)NC(=O)CNCCC1CCC1. The van der Waals surface area contributed by atoms with E-state index in [1.807, 2.05) is 0 Å². The molecule has 0 atom stereocenters.